The highest BCUT2D eigenvalue weighted by Crippen LogP contribution is 2.15. The smallest absolute Gasteiger partial charge is 0.322 e. The van der Waals surface area contributed by atoms with Crippen molar-refractivity contribution in [3.8, 4) is 0 Å². The number of nitrogens with zero attached hydrogens (tertiary/aromatic N) is 2. The van der Waals surface area contributed by atoms with Crippen molar-refractivity contribution in [2.45, 2.75) is 25.8 Å². The van der Waals surface area contributed by atoms with Gasteiger partial charge in [0, 0.05) is 11.7 Å². The third kappa shape index (κ3) is 5.26. The van der Waals surface area contributed by atoms with Crippen LogP contribution in [0.5, 0.6) is 0 Å². The number of aliphatic carboxylic acids is 1. The van der Waals surface area contributed by atoms with Gasteiger partial charge in [-0.2, -0.15) is 0 Å². The number of carboxylic acids is 1. The van der Waals surface area contributed by atoms with E-state index in [1.165, 1.54) is 0 Å². The van der Waals surface area contributed by atoms with Crippen molar-refractivity contribution in [1.82, 2.24) is 10.2 Å². The predicted octanol–water partition coefficient (Wildman–Crippen LogP) is 0.277. The molecule has 0 aliphatic rings. The van der Waals surface area contributed by atoms with E-state index in [-0.39, 0.29) is 29.3 Å². The summed E-state index contributed by atoms with van der Waals surface area (Å²) in [6.45, 7) is 3.78. The van der Waals surface area contributed by atoms with E-state index in [4.69, 9.17) is 15.3 Å². The number of anilines is 1. The summed E-state index contributed by atoms with van der Waals surface area (Å²) in [5.41, 5.74) is 5.30. The van der Waals surface area contributed by atoms with Gasteiger partial charge in [-0.25, -0.2) is 0 Å². The molecule has 0 radical (unpaired) electrons. The van der Waals surface area contributed by atoms with Crippen LogP contribution in [-0.4, -0.2) is 44.7 Å². The van der Waals surface area contributed by atoms with Crippen molar-refractivity contribution in [3.05, 3.63) is 5.89 Å². The van der Waals surface area contributed by atoms with Crippen LogP contribution in [-0.2, 0) is 9.59 Å². The molecule has 0 saturated heterocycles. The summed E-state index contributed by atoms with van der Waals surface area (Å²) < 4.78 is 5.20. The number of amides is 1. The average molecular weight is 288 g/mol. The fourth-order valence-corrected chi connectivity index (χ4v) is 1.80. The van der Waals surface area contributed by atoms with Crippen LogP contribution in [0.1, 0.15) is 25.7 Å². The summed E-state index contributed by atoms with van der Waals surface area (Å²) in [5.74, 6) is -0.686. The molecule has 0 aromatic carbocycles. The Balaban J connectivity index is 2.32. The zero-order chi connectivity index (χ0) is 14.4. The summed E-state index contributed by atoms with van der Waals surface area (Å²) in [6, 6.07) is -0.939. The Morgan fingerprint density at radius 1 is 1.47 bits per heavy atom. The zero-order valence-corrected chi connectivity index (χ0v) is 11.4. The first-order valence-corrected chi connectivity index (χ1v) is 6.75. The van der Waals surface area contributed by atoms with Crippen LogP contribution in [0.4, 0.5) is 6.01 Å². The number of carbonyl (C=O) groups is 2. The summed E-state index contributed by atoms with van der Waals surface area (Å²) in [6.07, 6.45) is 0. The molecule has 0 fully saturated rings. The second kappa shape index (κ2) is 7.10. The standard InChI is InChI=1S/C10H16N4O4S/c1-5(2)8-13-14-10(18-8)12-7(15)4-19-3-6(11)9(16)17/h5-6H,3-4,11H2,1-2H3,(H,16,17)(H,12,14,15)/t6-/m1/s1. The first-order valence-electron chi connectivity index (χ1n) is 5.59. The van der Waals surface area contributed by atoms with Crippen LogP contribution in [0.15, 0.2) is 4.42 Å². The lowest BCUT2D eigenvalue weighted by Gasteiger charge is -2.05. The molecular weight excluding hydrogens is 272 g/mol. The molecule has 9 heteroatoms. The third-order valence-corrected chi connectivity index (χ3v) is 3.09. The molecule has 1 amide bonds. The highest BCUT2D eigenvalue weighted by Gasteiger charge is 2.14. The number of carboxylic acid groups (broad SMARTS) is 1. The molecule has 1 rings (SSSR count). The number of aromatic nitrogens is 2. The first-order chi connectivity index (χ1) is 8.90. The zero-order valence-electron chi connectivity index (χ0n) is 10.6. The van der Waals surface area contributed by atoms with Gasteiger partial charge in [0.15, 0.2) is 0 Å². The van der Waals surface area contributed by atoms with E-state index in [1.807, 2.05) is 13.8 Å². The molecule has 0 spiro atoms. The van der Waals surface area contributed by atoms with Gasteiger partial charge in [-0.3, -0.25) is 14.9 Å². The normalized spacial score (nSPS) is 12.4. The van der Waals surface area contributed by atoms with Crippen molar-refractivity contribution in [2.75, 3.05) is 16.8 Å². The molecule has 1 aromatic heterocycles. The van der Waals surface area contributed by atoms with Crippen molar-refractivity contribution in [1.29, 1.82) is 0 Å². The lowest BCUT2D eigenvalue weighted by Crippen LogP contribution is -2.33. The summed E-state index contributed by atoms with van der Waals surface area (Å²) in [7, 11) is 0. The van der Waals surface area contributed by atoms with Crippen LogP contribution < -0.4 is 11.1 Å². The van der Waals surface area contributed by atoms with Gasteiger partial charge in [0.25, 0.3) is 0 Å². The molecule has 106 valence electrons. The molecule has 1 aromatic rings. The molecular formula is C10H16N4O4S. The minimum atomic E-state index is -1.09. The highest BCUT2D eigenvalue weighted by molar-refractivity contribution is 8.00. The van der Waals surface area contributed by atoms with Crippen molar-refractivity contribution < 1.29 is 19.1 Å². The fraction of sp³-hybridized carbons (Fsp3) is 0.600. The molecule has 1 atom stereocenters. The van der Waals surface area contributed by atoms with Gasteiger partial charge in [-0.05, 0) is 0 Å². The van der Waals surface area contributed by atoms with Crippen LogP contribution in [0.2, 0.25) is 0 Å². The lowest BCUT2D eigenvalue weighted by atomic mass is 10.2. The maximum absolute atomic E-state index is 11.5. The summed E-state index contributed by atoms with van der Waals surface area (Å²) in [5, 5.41) is 18.4. The van der Waals surface area contributed by atoms with Crippen molar-refractivity contribution >= 4 is 29.7 Å². The molecule has 19 heavy (non-hydrogen) atoms. The number of hydrogen-bond acceptors (Lipinski definition) is 7. The topological polar surface area (TPSA) is 131 Å². The van der Waals surface area contributed by atoms with Crippen LogP contribution in [0.25, 0.3) is 0 Å². The highest BCUT2D eigenvalue weighted by atomic mass is 32.2. The largest absolute Gasteiger partial charge is 0.480 e. The Labute approximate surface area is 114 Å². The minimum Gasteiger partial charge on any atom is -0.480 e. The number of thioether (sulfide) groups is 1. The number of nitrogens with two attached hydrogens (primary N) is 1. The lowest BCUT2D eigenvalue weighted by molar-refractivity contribution is -0.137. The first kappa shape index (κ1) is 15.4. The van der Waals surface area contributed by atoms with Crippen molar-refractivity contribution in [2.24, 2.45) is 5.73 Å². The molecule has 0 saturated carbocycles. The molecule has 0 aliphatic carbocycles. The van der Waals surface area contributed by atoms with E-state index in [0.717, 1.165) is 11.8 Å². The Hall–Kier alpha value is -1.61. The Kier molecular flexibility index (Phi) is 5.77. The minimum absolute atomic E-state index is 0.0387. The second-order valence-electron chi connectivity index (χ2n) is 4.11. The van der Waals surface area contributed by atoms with Crippen LogP contribution in [0.3, 0.4) is 0 Å². The molecule has 8 nitrogen and oxygen atoms in total. The quantitative estimate of drug-likeness (QED) is 0.651. The molecule has 4 N–H and O–H groups in total. The summed E-state index contributed by atoms with van der Waals surface area (Å²) >= 11 is 1.12. The average Bonchev–Trinajstić information content (AvgIpc) is 2.77. The maximum atomic E-state index is 11.5. The van der Waals surface area contributed by atoms with Gasteiger partial charge < -0.3 is 15.3 Å². The predicted molar refractivity (Wildman–Crippen MR) is 70.0 cm³/mol. The van der Waals surface area contributed by atoms with E-state index < -0.39 is 12.0 Å². The Morgan fingerprint density at radius 3 is 2.68 bits per heavy atom. The van der Waals surface area contributed by atoms with Gasteiger partial charge in [0.2, 0.25) is 11.8 Å². The Bertz CT molecular complexity index is 448. The van der Waals surface area contributed by atoms with Gasteiger partial charge in [0.1, 0.15) is 6.04 Å². The number of rotatable bonds is 7. The Morgan fingerprint density at radius 2 is 2.16 bits per heavy atom. The van der Waals surface area contributed by atoms with E-state index >= 15 is 0 Å². The van der Waals surface area contributed by atoms with E-state index in [9.17, 15) is 9.59 Å². The summed E-state index contributed by atoms with van der Waals surface area (Å²) in [4.78, 5) is 22.0. The monoisotopic (exact) mass is 288 g/mol. The fourth-order valence-electron chi connectivity index (χ4n) is 1.02. The van der Waals surface area contributed by atoms with Crippen LogP contribution >= 0.6 is 11.8 Å². The molecule has 0 unspecified atom stereocenters. The van der Waals surface area contributed by atoms with Gasteiger partial charge in [-0.15, -0.1) is 16.9 Å². The number of carbonyl (C=O) groups excluding carboxylic acids is 1. The number of hydrogen-bond donors (Lipinski definition) is 3. The molecule has 1 heterocycles. The second-order valence-corrected chi connectivity index (χ2v) is 5.14. The SMILES string of the molecule is CC(C)c1nnc(NC(=O)CSC[C@@H](N)C(=O)O)o1. The van der Waals surface area contributed by atoms with Gasteiger partial charge in [-0.1, -0.05) is 18.9 Å². The van der Waals surface area contributed by atoms with E-state index in [1.54, 1.807) is 0 Å². The number of nitrogens with one attached hydrogen (secondary N) is 1. The van der Waals surface area contributed by atoms with Crippen molar-refractivity contribution in [3.63, 3.8) is 0 Å². The van der Waals surface area contributed by atoms with Crippen LogP contribution in [0, 0.1) is 0 Å². The third-order valence-electron chi connectivity index (χ3n) is 2.03. The molecule has 0 bridgehead atoms. The maximum Gasteiger partial charge on any atom is 0.322 e. The van der Waals surface area contributed by atoms with E-state index in [0.29, 0.717) is 5.89 Å². The van der Waals surface area contributed by atoms with E-state index in [2.05, 4.69) is 15.5 Å². The van der Waals surface area contributed by atoms with Gasteiger partial charge in [0.05, 0.1) is 5.75 Å². The molecule has 0 aliphatic heterocycles. The van der Waals surface area contributed by atoms with Gasteiger partial charge >= 0.3 is 12.0 Å².